The number of quaternary nitrogens is 2. The van der Waals surface area contributed by atoms with Crippen LogP contribution in [0.25, 0.3) is 0 Å². The molecule has 0 saturated carbocycles. The van der Waals surface area contributed by atoms with Gasteiger partial charge in [0.1, 0.15) is 0 Å². The summed E-state index contributed by atoms with van der Waals surface area (Å²) < 4.78 is 0. The molecule has 0 spiro atoms. The smallest absolute Gasteiger partial charge is 0.0414 e. The topological polar surface area (TPSA) is 153 Å². The van der Waals surface area contributed by atoms with Crippen molar-refractivity contribution in [2.75, 3.05) is 0 Å². The molecule has 1 aliphatic carbocycles. The largest absolute Gasteiger partial charge is 0.550 e. The minimum absolute atomic E-state index is 0. The van der Waals surface area contributed by atoms with Gasteiger partial charge in [-0.1, -0.05) is 128 Å². The highest BCUT2D eigenvalue weighted by atomic mass is 16.4. The van der Waals surface area contributed by atoms with Crippen molar-refractivity contribution in [2.24, 2.45) is 23.7 Å². The molecule has 0 aromatic carbocycles. The summed E-state index contributed by atoms with van der Waals surface area (Å²) in [7, 11) is 0. The van der Waals surface area contributed by atoms with E-state index in [0.29, 0.717) is 24.2 Å². The van der Waals surface area contributed by atoms with Gasteiger partial charge in [-0.3, -0.25) is 0 Å². The molecule has 0 aromatic rings. The van der Waals surface area contributed by atoms with Crippen molar-refractivity contribution in [2.45, 2.75) is 168 Å². The number of allylic oxidation sites excluding steroid dienone is 4. The van der Waals surface area contributed by atoms with Gasteiger partial charge in [-0.05, 0) is 87.9 Å². The molecule has 0 aliphatic heterocycles. The summed E-state index contributed by atoms with van der Waals surface area (Å²) >= 11 is 0. The number of hydrogen-bond donors (Lipinski definition) is 2. The molecule has 1 rings (SSSR count). The van der Waals surface area contributed by atoms with E-state index in [1.807, 2.05) is 0 Å². The van der Waals surface area contributed by atoms with E-state index in [-0.39, 0.29) is 25.1 Å². The number of carbonyl (C=O) groups is 2. The van der Waals surface area contributed by atoms with Crippen molar-refractivity contribution in [3.8, 4) is 0 Å². The lowest BCUT2D eigenvalue weighted by Gasteiger charge is -2.40. The van der Waals surface area contributed by atoms with E-state index < -0.39 is 11.9 Å². The number of aliphatic carboxylic acids is 2. The van der Waals surface area contributed by atoms with Crippen molar-refractivity contribution in [1.82, 2.24) is 12.3 Å². The van der Waals surface area contributed by atoms with Gasteiger partial charge in [0.2, 0.25) is 0 Å². The van der Waals surface area contributed by atoms with Gasteiger partial charge in [0, 0.05) is 11.9 Å². The van der Waals surface area contributed by atoms with Crippen LogP contribution in [-0.4, -0.2) is 11.9 Å². The van der Waals surface area contributed by atoms with E-state index in [1.54, 1.807) is 0 Å². The van der Waals surface area contributed by atoms with E-state index in [9.17, 15) is 19.8 Å². The zero-order chi connectivity index (χ0) is 29.3. The van der Waals surface area contributed by atoms with Crippen molar-refractivity contribution >= 4 is 11.9 Å². The Labute approximate surface area is 259 Å². The zero-order valence-electron chi connectivity index (χ0n) is 28.2. The van der Waals surface area contributed by atoms with Crippen LogP contribution in [0.5, 0.6) is 0 Å². The Hall–Kier alpha value is -1.66. The van der Waals surface area contributed by atoms with Gasteiger partial charge in [-0.15, -0.1) is 0 Å². The average Bonchev–Trinajstić information content (AvgIpc) is 2.92. The van der Waals surface area contributed by atoms with E-state index in [1.165, 1.54) is 89.9 Å². The average molecular weight is 595 g/mol. The van der Waals surface area contributed by atoms with Gasteiger partial charge in [0.25, 0.3) is 0 Å². The molecule has 0 aromatic heterocycles. The van der Waals surface area contributed by atoms with Gasteiger partial charge in [-0.25, -0.2) is 0 Å². The molecule has 248 valence electrons. The summed E-state index contributed by atoms with van der Waals surface area (Å²) in [6, 6.07) is 0. The van der Waals surface area contributed by atoms with Crippen LogP contribution in [0.2, 0.25) is 0 Å². The summed E-state index contributed by atoms with van der Waals surface area (Å²) in [6.07, 6.45) is 36.4. The second-order valence-electron chi connectivity index (χ2n) is 12.4. The highest BCUT2D eigenvalue weighted by molar-refractivity contribution is 5.64. The Morgan fingerprint density at radius 1 is 0.548 bits per heavy atom. The predicted molar refractivity (Wildman–Crippen MR) is 176 cm³/mol. The molecule has 6 heteroatoms. The first-order valence-electron chi connectivity index (χ1n) is 17.2. The van der Waals surface area contributed by atoms with Gasteiger partial charge in [-0.2, -0.15) is 0 Å². The molecule has 0 saturated heterocycles. The molecule has 0 fully saturated rings. The molecular formula is C36H70N2O4. The van der Waals surface area contributed by atoms with Crippen LogP contribution < -0.4 is 22.5 Å². The summed E-state index contributed by atoms with van der Waals surface area (Å²) in [5, 5.41) is 21.5. The lowest BCUT2D eigenvalue weighted by atomic mass is 9.65. The Balaban J connectivity index is 0. The first kappa shape index (κ1) is 42.5. The standard InChI is InChI=1S/C36H64O4.2H3N/c1-3-5-7-9-12-17-23-31-29-30-32(24-18-16-22-28-36(39)40)34(26-20-14-11-15-21-27-35(37)38)33(31)25-19-13-10-8-6-4-2;;/h14,20,29-34H,3-13,15-19,21-28H2,1-2H3,(H,37,38)(H,39,40);2*1H3/b20-14+;;. The van der Waals surface area contributed by atoms with E-state index >= 15 is 0 Å². The molecule has 0 radical (unpaired) electrons. The maximum absolute atomic E-state index is 10.8. The number of rotatable bonds is 27. The summed E-state index contributed by atoms with van der Waals surface area (Å²) in [6.45, 7) is 4.56. The molecule has 8 N–H and O–H groups in total. The third-order valence-electron chi connectivity index (χ3n) is 9.03. The highest BCUT2D eigenvalue weighted by Crippen LogP contribution is 2.44. The second kappa shape index (κ2) is 29.4. The second-order valence-corrected chi connectivity index (χ2v) is 12.4. The van der Waals surface area contributed by atoms with Crippen molar-refractivity contribution < 1.29 is 19.8 Å². The number of carboxylic acid groups (broad SMARTS) is 2. The van der Waals surface area contributed by atoms with Crippen molar-refractivity contribution in [3.05, 3.63) is 24.3 Å². The third-order valence-corrected chi connectivity index (χ3v) is 9.03. The molecule has 1 aliphatic rings. The van der Waals surface area contributed by atoms with Crippen LogP contribution in [0.4, 0.5) is 0 Å². The SMILES string of the molecule is CCCCCCCCC1C=CC(CCCCCC(=O)[O-])C(C/C=C/CCCCC(=O)[O-])C1CCCCCCCC.[NH4+].[NH4+]. The van der Waals surface area contributed by atoms with Crippen molar-refractivity contribution in [3.63, 3.8) is 0 Å². The van der Waals surface area contributed by atoms with Gasteiger partial charge >= 0.3 is 0 Å². The van der Waals surface area contributed by atoms with Gasteiger partial charge < -0.3 is 32.1 Å². The third kappa shape index (κ3) is 22.0. The lowest BCUT2D eigenvalue weighted by molar-refractivity contribution is -0.307. The van der Waals surface area contributed by atoms with E-state index in [0.717, 1.165) is 50.9 Å². The molecule has 0 heterocycles. The van der Waals surface area contributed by atoms with Crippen LogP contribution >= 0.6 is 0 Å². The summed E-state index contributed by atoms with van der Waals surface area (Å²) in [5.74, 6) is 0.731. The Kier molecular flexibility index (Phi) is 29.7. The van der Waals surface area contributed by atoms with Crippen LogP contribution in [0.15, 0.2) is 24.3 Å². The number of carbonyl (C=O) groups excluding carboxylic acids is 2. The predicted octanol–water partition coefficient (Wildman–Crippen LogP) is 9.23. The molecule has 6 nitrogen and oxygen atoms in total. The van der Waals surface area contributed by atoms with Crippen LogP contribution in [0.1, 0.15) is 168 Å². The fraction of sp³-hybridized carbons (Fsp3) is 0.833. The maximum Gasteiger partial charge on any atom is 0.0414 e. The molecule has 0 amide bonds. The highest BCUT2D eigenvalue weighted by Gasteiger charge is 2.34. The number of carboxylic acids is 2. The quantitative estimate of drug-likeness (QED) is 0.0718. The molecule has 42 heavy (non-hydrogen) atoms. The summed E-state index contributed by atoms with van der Waals surface area (Å²) in [5.41, 5.74) is 0. The zero-order valence-corrected chi connectivity index (χ0v) is 28.2. The fourth-order valence-electron chi connectivity index (χ4n) is 6.65. The summed E-state index contributed by atoms with van der Waals surface area (Å²) in [4.78, 5) is 21.5. The monoisotopic (exact) mass is 595 g/mol. The van der Waals surface area contributed by atoms with Crippen LogP contribution in [0, 0.1) is 23.7 Å². The Morgan fingerprint density at radius 2 is 0.976 bits per heavy atom. The molecule has 4 atom stereocenters. The molecule has 4 unspecified atom stereocenters. The van der Waals surface area contributed by atoms with E-state index in [4.69, 9.17) is 0 Å². The minimum Gasteiger partial charge on any atom is -0.550 e. The van der Waals surface area contributed by atoms with Gasteiger partial charge in [0.05, 0.1) is 0 Å². The minimum atomic E-state index is -0.950. The number of unbranched alkanes of at least 4 members (excludes halogenated alkanes) is 14. The number of hydrogen-bond acceptors (Lipinski definition) is 4. The Morgan fingerprint density at radius 3 is 1.50 bits per heavy atom. The van der Waals surface area contributed by atoms with Crippen molar-refractivity contribution in [1.29, 1.82) is 0 Å². The van der Waals surface area contributed by atoms with Crippen LogP contribution in [-0.2, 0) is 9.59 Å². The molecular weight excluding hydrogens is 524 g/mol. The van der Waals surface area contributed by atoms with Crippen LogP contribution in [0.3, 0.4) is 0 Å². The van der Waals surface area contributed by atoms with E-state index in [2.05, 4.69) is 38.2 Å². The fourth-order valence-corrected chi connectivity index (χ4v) is 6.65. The normalized spacial score (nSPS) is 19.9. The first-order chi connectivity index (χ1) is 19.5. The Bertz CT molecular complexity index is 694. The maximum atomic E-state index is 10.8. The molecule has 0 bridgehead atoms. The van der Waals surface area contributed by atoms with Gasteiger partial charge in [0.15, 0.2) is 0 Å². The lowest BCUT2D eigenvalue weighted by Crippen LogP contribution is -2.31. The first-order valence-corrected chi connectivity index (χ1v) is 17.2.